The van der Waals surface area contributed by atoms with E-state index >= 15 is 0 Å². The molecule has 0 radical (unpaired) electrons. The van der Waals surface area contributed by atoms with Crippen LogP contribution in [0, 0.1) is 13.8 Å². The van der Waals surface area contributed by atoms with Crippen molar-refractivity contribution in [3.05, 3.63) is 35.9 Å². The Balaban J connectivity index is 2.12. The molecule has 17 heavy (non-hydrogen) atoms. The lowest BCUT2D eigenvalue weighted by Gasteiger charge is -2.31. The molecule has 1 fully saturated rings. The Morgan fingerprint density at radius 3 is 2.82 bits per heavy atom. The molecule has 1 aliphatic rings. The maximum atomic E-state index is 5.75. The zero-order valence-electron chi connectivity index (χ0n) is 10.5. The highest BCUT2D eigenvalue weighted by molar-refractivity contribution is 5.10. The Morgan fingerprint density at radius 1 is 1.47 bits per heavy atom. The molecule has 0 amide bonds. The van der Waals surface area contributed by atoms with Crippen molar-refractivity contribution in [2.45, 2.75) is 20.0 Å². The standard InChI is InChI=1S/C13H19N3O/c1-4-5-16-6-7-17-12(9-16)13-14-10(2)8-11(3)15-13/h4,8,12H,1,5-7,9H2,2-3H3/t12-/m0/s1. The first-order valence-electron chi connectivity index (χ1n) is 5.96. The maximum absolute atomic E-state index is 5.75. The summed E-state index contributed by atoms with van der Waals surface area (Å²) in [6.07, 6.45) is 1.91. The van der Waals surface area contributed by atoms with Crippen molar-refractivity contribution in [1.82, 2.24) is 14.9 Å². The number of hydrogen-bond acceptors (Lipinski definition) is 4. The average molecular weight is 233 g/mol. The van der Waals surface area contributed by atoms with Crippen molar-refractivity contribution in [2.24, 2.45) is 0 Å². The fourth-order valence-corrected chi connectivity index (χ4v) is 2.10. The molecular weight excluding hydrogens is 214 g/mol. The Labute approximate surface area is 102 Å². The smallest absolute Gasteiger partial charge is 0.158 e. The van der Waals surface area contributed by atoms with E-state index in [-0.39, 0.29) is 6.10 Å². The summed E-state index contributed by atoms with van der Waals surface area (Å²) >= 11 is 0. The largest absolute Gasteiger partial charge is 0.368 e. The SMILES string of the molecule is C=CCN1CCO[C@H](c2nc(C)cc(C)n2)C1. The van der Waals surface area contributed by atoms with Gasteiger partial charge >= 0.3 is 0 Å². The zero-order valence-corrected chi connectivity index (χ0v) is 10.5. The van der Waals surface area contributed by atoms with Gasteiger partial charge in [0.05, 0.1) is 6.61 Å². The number of aryl methyl sites for hydroxylation is 2. The Kier molecular flexibility index (Phi) is 3.86. The number of rotatable bonds is 3. The van der Waals surface area contributed by atoms with Gasteiger partial charge in [-0.1, -0.05) is 6.08 Å². The summed E-state index contributed by atoms with van der Waals surface area (Å²) in [5.41, 5.74) is 1.99. The van der Waals surface area contributed by atoms with Crippen LogP contribution in [-0.2, 0) is 4.74 Å². The van der Waals surface area contributed by atoms with Crippen LogP contribution in [0.5, 0.6) is 0 Å². The monoisotopic (exact) mass is 233 g/mol. The molecule has 0 saturated carbocycles. The van der Waals surface area contributed by atoms with Gasteiger partial charge in [0.15, 0.2) is 5.82 Å². The topological polar surface area (TPSA) is 38.2 Å². The summed E-state index contributed by atoms with van der Waals surface area (Å²) in [5, 5.41) is 0. The summed E-state index contributed by atoms with van der Waals surface area (Å²) in [4.78, 5) is 11.2. The van der Waals surface area contributed by atoms with Gasteiger partial charge in [-0.05, 0) is 19.9 Å². The van der Waals surface area contributed by atoms with Gasteiger partial charge in [0.2, 0.25) is 0 Å². The average Bonchev–Trinajstić information content (AvgIpc) is 2.28. The highest BCUT2D eigenvalue weighted by atomic mass is 16.5. The fourth-order valence-electron chi connectivity index (χ4n) is 2.10. The molecule has 0 aromatic carbocycles. The summed E-state index contributed by atoms with van der Waals surface area (Å²) in [5.74, 6) is 0.802. The first kappa shape index (κ1) is 12.2. The molecule has 0 spiro atoms. The molecule has 4 nitrogen and oxygen atoms in total. The van der Waals surface area contributed by atoms with Gasteiger partial charge in [-0.2, -0.15) is 0 Å². The van der Waals surface area contributed by atoms with Crippen LogP contribution < -0.4 is 0 Å². The van der Waals surface area contributed by atoms with Crippen molar-refractivity contribution < 1.29 is 4.74 Å². The van der Waals surface area contributed by atoms with E-state index in [0.29, 0.717) is 0 Å². The third-order valence-corrected chi connectivity index (χ3v) is 2.83. The van der Waals surface area contributed by atoms with E-state index in [1.807, 2.05) is 26.0 Å². The van der Waals surface area contributed by atoms with Gasteiger partial charge in [-0.3, -0.25) is 4.90 Å². The second-order valence-electron chi connectivity index (χ2n) is 4.42. The maximum Gasteiger partial charge on any atom is 0.158 e. The second-order valence-corrected chi connectivity index (χ2v) is 4.42. The summed E-state index contributed by atoms with van der Waals surface area (Å²) in [7, 11) is 0. The summed E-state index contributed by atoms with van der Waals surface area (Å²) in [6, 6.07) is 1.98. The molecule has 1 aliphatic heterocycles. The highest BCUT2D eigenvalue weighted by Gasteiger charge is 2.23. The fraction of sp³-hybridized carbons (Fsp3) is 0.538. The molecule has 92 valence electrons. The lowest BCUT2D eigenvalue weighted by molar-refractivity contribution is -0.0306. The first-order valence-corrected chi connectivity index (χ1v) is 5.96. The number of aromatic nitrogens is 2. The normalized spacial score (nSPS) is 21.4. The number of hydrogen-bond donors (Lipinski definition) is 0. The zero-order chi connectivity index (χ0) is 12.3. The summed E-state index contributed by atoms with van der Waals surface area (Å²) in [6.45, 7) is 11.2. The molecule has 0 unspecified atom stereocenters. The number of ether oxygens (including phenoxy) is 1. The number of nitrogens with zero attached hydrogens (tertiary/aromatic N) is 3. The molecule has 2 heterocycles. The quantitative estimate of drug-likeness (QED) is 0.744. The van der Waals surface area contributed by atoms with E-state index in [4.69, 9.17) is 4.74 Å². The van der Waals surface area contributed by atoms with Crippen LogP contribution in [-0.4, -0.2) is 41.1 Å². The molecule has 0 aliphatic carbocycles. The van der Waals surface area contributed by atoms with Crippen LogP contribution in [0.25, 0.3) is 0 Å². The van der Waals surface area contributed by atoms with Crippen molar-refractivity contribution in [3.8, 4) is 0 Å². The Bertz CT molecular complexity index is 385. The van der Waals surface area contributed by atoms with Gasteiger partial charge in [0, 0.05) is 31.0 Å². The Morgan fingerprint density at radius 2 is 2.18 bits per heavy atom. The molecular formula is C13H19N3O. The van der Waals surface area contributed by atoms with Crippen molar-refractivity contribution in [1.29, 1.82) is 0 Å². The van der Waals surface area contributed by atoms with Crippen molar-refractivity contribution in [3.63, 3.8) is 0 Å². The molecule has 1 aromatic rings. The molecule has 4 heteroatoms. The molecule has 1 atom stereocenters. The molecule has 1 aromatic heterocycles. The van der Waals surface area contributed by atoms with Crippen LogP contribution in [0.4, 0.5) is 0 Å². The van der Waals surface area contributed by atoms with E-state index in [9.17, 15) is 0 Å². The Hall–Kier alpha value is -1.26. The molecule has 1 saturated heterocycles. The molecule has 2 rings (SSSR count). The minimum absolute atomic E-state index is 0.0118. The van der Waals surface area contributed by atoms with E-state index in [2.05, 4.69) is 21.4 Å². The van der Waals surface area contributed by atoms with E-state index in [1.54, 1.807) is 0 Å². The van der Waals surface area contributed by atoms with Crippen molar-refractivity contribution in [2.75, 3.05) is 26.2 Å². The van der Waals surface area contributed by atoms with Crippen LogP contribution in [0.3, 0.4) is 0 Å². The van der Waals surface area contributed by atoms with Gasteiger partial charge in [0.1, 0.15) is 6.10 Å². The third kappa shape index (κ3) is 3.11. The van der Waals surface area contributed by atoms with Crippen LogP contribution in [0.2, 0.25) is 0 Å². The minimum Gasteiger partial charge on any atom is -0.368 e. The van der Waals surface area contributed by atoms with Gasteiger partial charge in [-0.25, -0.2) is 9.97 Å². The van der Waals surface area contributed by atoms with Crippen LogP contribution >= 0.6 is 0 Å². The van der Waals surface area contributed by atoms with E-state index in [0.717, 1.165) is 43.5 Å². The highest BCUT2D eigenvalue weighted by Crippen LogP contribution is 2.19. The molecule has 0 N–H and O–H groups in total. The minimum atomic E-state index is -0.0118. The first-order chi connectivity index (χ1) is 8.19. The summed E-state index contributed by atoms with van der Waals surface area (Å²) < 4.78 is 5.75. The van der Waals surface area contributed by atoms with Gasteiger partial charge < -0.3 is 4.74 Å². The van der Waals surface area contributed by atoms with E-state index < -0.39 is 0 Å². The molecule has 0 bridgehead atoms. The predicted molar refractivity (Wildman–Crippen MR) is 66.8 cm³/mol. The van der Waals surface area contributed by atoms with Crippen molar-refractivity contribution >= 4 is 0 Å². The lowest BCUT2D eigenvalue weighted by Crippen LogP contribution is -2.39. The lowest BCUT2D eigenvalue weighted by atomic mass is 10.2. The predicted octanol–water partition coefficient (Wildman–Crippen LogP) is 1.65. The van der Waals surface area contributed by atoms with Gasteiger partial charge in [-0.15, -0.1) is 6.58 Å². The second kappa shape index (κ2) is 5.38. The third-order valence-electron chi connectivity index (χ3n) is 2.83. The van der Waals surface area contributed by atoms with Crippen LogP contribution in [0.1, 0.15) is 23.3 Å². The van der Waals surface area contributed by atoms with Crippen LogP contribution in [0.15, 0.2) is 18.7 Å². The van der Waals surface area contributed by atoms with Gasteiger partial charge in [0.25, 0.3) is 0 Å². The number of morpholine rings is 1. The van der Waals surface area contributed by atoms with E-state index in [1.165, 1.54) is 0 Å².